The van der Waals surface area contributed by atoms with Crippen molar-refractivity contribution in [3.8, 4) is 11.1 Å². The zero-order chi connectivity index (χ0) is 25.2. The normalized spacial score (nSPS) is 16.2. The largest absolute Gasteiger partial charge is 0.379 e. The van der Waals surface area contributed by atoms with Gasteiger partial charge in [0.15, 0.2) is 5.65 Å². The lowest BCUT2D eigenvalue weighted by molar-refractivity contribution is 0.0926. The van der Waals surface area contributed by atoms with Gasteiger partial charge in [-0.05, 0) is 53.6 Å². The summed E-state index contributed by atoms with van der Waals surface area (Å²) in [5.41, 5.74) is 8.78. The molecule has 11 heteroatoms. The molecular weight excluding hydrogens is 483 g/mol. The summed E-state index contributed by atoms with van der Waals surface area (Å²) < 4.78 is 20.1. The van der Waals surface area contributed by atoms with Crippen LogP contribution in [0.5, 0.6) is 0 Å². The van der Waals surface area contributed by atoms with Gasteiger partial charge in [0, 0.05) is 18.4 Å². The molecule has 1 saturated heterocycles. The highest BCUT2D eigenvalue weighted by Crippen LogP contribution is 2.29. The number of nitrogen functional groups attached to an aromatic ring is 1. The monoisotopic (exact) mass is 508 g/mol. The van der Waals surface area contributed by atoms with Crippen LogP contribution in [0.3, 0.4) is 0 Å². The van der Waals surface area contributed by atoms with E-state index < -0.39 is 0 Å². The number of aromatic nitrogens is 3. The SMILES string of the molecule is CC[C@@H](NC(=O)c1cc(-c2cc(C(=O)N[C@H]3CCOC3)c3nc(N)nn3c2)cs1)c1ccc(F)cc1. The molecule has 0 radical (unpaired) electrons. The van der Waals surface area contributed by atoms with Gasteiger partial charge in [-0.25, -0.2) is 8.91 Å². The number of nitrogens with two attached hydrogens (primary N) is 1. The van der Waals surface area contributed by atoms with Crippen LogP contribution in [0.2, 0.25) is 0 Å². The molecule has 1 aliphatic rings. The minimum atomic E-state index is -0.321. The number of fused-ring (bicyclic) bond motifs is 1. The van der Waals surface area contributed by atoms with Crippen molar-refractivity contribution in [2.45, 2.75) is 31.8 Å². The summed E-state index contributed by atoms with van der Waals surface area (Å²) >= 11 is 1.29. The molecule has 0 unspecified atom stereocenters. The highest BCUT2D eigenvalue weighted by molar-refractivity contribution is 7.12. The third-order valence-corrected chi connectivity index (χ3v) is 7.03. The van der Waals surface area contributed by atoms with E-state index in [1.165, 1.54) is 28.0 Å². The zero-order valence-corrected chi connectivity index (χ0v) is 20.3. The minimum Gasteiger partial charge on any atom is -0.379 e. The summed E-state index contributed by atoms with van der Waals surface area (Å²) in [5, 5.41) is 12.0. The second-order valence-electron chi connectivity index (χ2n) is 8.60. The number of carbonyl (C=O) groups excluding carboxylic acids is 2. The van der Waals surface area contributed by atoms with Crippen molar-refractivity contribution in [3.63, 3.8) is 0 Å². The molecular formula is C25H25FN6O3S. The first-order chi connectivity index (χ1) is 17.4. The van der Waals surface area contributed by atoms with Crippen molar-refractivity contribution in [1.82, 2.24) is 25.2 Å². The van der Waals surface area contributed by atoms with Crippen molar-refractivity contribution in [1.29, 1.82) is 0 Å². The van der Waals surface area contributed by atoms with Crippen molar-refractivity contribution < 1.29 is 18.7 Å². The molecule has 4 aromatic rings. The van der Waals surface area contributed by atoms with E-state index in [4.69, 9.17) is 10.5 Å². The Morgan fingerprint density at radius 1 is 1.25 bits per heavy atom. The van der Waals surface area contributed by atoms with Gasteiger partial charge < -0.3 is 21.1 Å². The molecule has 4 heterocycles. The molecule has 0 bridgehead atoms. The predicted molar refractivity (Wildman–Crippen MR) is 134 cm³/mol. The number of benzene rings is 1. The lowest BCUT2D eigenvalue weighted by Crippen LogP contribution is -2.35. The third-order valence-electron chi connectivity index (χ3n) is 6.10. The molecule has 1 aromatic carbocycles. The smallest absolute Gasteiger partial charge is 0.261 e. The molecule has 186 valence electrons. The third kappa shape index (κ3) is 4.93. The van der Waals surface area contributed by atoms with Crippen LogP contribution in [0.15, 0.2) is 48.0 Å². The van der Waals surface area contributed by atoms with E-state index in [2.05, 4.69) is 20.7 Å². The van der Waals surface area contributed by atoms with Crippen molar-refractivity contribution in [3.05, 3.63) is 69.8 Å². The van der Waals surface area contributed by atoms with Gasteiger partial charge in [0.1, 0.15) is 5.82 Å². The average Bonchev–Trinajstić information content (AvgIpc) is 3.63. The van der Waals surface area contributed by atoms with Gasteiger partial charge in [-0.3, -0.25) is 9.59 Å². The van der Waals surface area contributed by atoms with Gasteiger partial charge >= 0.3 is 0 Å². The lowest BCUT2D eigenvalue weighted by Gasteiger charge is -2.17. The van der Waals surface area contributed by atoms with Crippen LogP contribution in [0.4, 0.5) is 10.3 Å². The second kappa shape index (κ2) is 10.0. The highest BCUT2D eigenvalue weighted by Gasteiger charge is 2.23. The fourth-order valence-electron chi connectivity index (χ4n) is 4.19. The first kappa shape index (κ1) is 23.9. The number of ether oxygens (including phenoxy) is 1. The number of nitrogens with one attached hydrogen (secondary N) is 2. The van der Waals surface area contributed by atoms with Crippen molar-refractivity contribution in [2.75, 3.05) is 18.9 Å². The maximum absolute atomic E-state index is 13.3. The first-order valence-electron chi connectivity index (χ1n) is 11.6. The van der Waals surface area contributed by atoms with E-state index >= 15 is 0 Å². The molecule has 5 rings (SSSR count). The van der Waals surface area contributed by atoms with Crippen molar-refractivity contribution in [2.24, 2.45) is 0 Å². The highest BCUT2D eigenvalue weighted by atomic mass is 32.1. The van der Waals surface area contributed by atoms with Crippen LogP contribution in [0, 0.1) is 5.82 Å². The summed E-state index contributed by atoms with van der Waals surface area (Å²) in [7, 11) is 0. The van der Waals surface area contributed by atoms with Gasteiger partial charge in [-0.15, -0.1) is 16.4 Å². The number of nitrogens with zero attached hydrogens (tertiary/aromatic N) is 3. The summed E-state index contributed by atoms with van der Waals surface area (Å²) in [4.78, 5) is 30.8. The summed E-state index contributed by atoms with van der Waals surface area (Å²) in [6, 6.07) is 9.30. The van der Waals surface area contributed by atoms with Crippen LogP contribution in [0.25, 0.3) is 16.8 Å². The fourth-order valence-corrected chi connectivity index (χ4v) is 5.01. The van der Waals surface area contributed by atoms with Crippen molar-refractivity contribution >= 4 is 34.7 Å². The number of rotatable bonds is 7. The Labute approximate surface area is 210 Å². The molecule has 0 saturated carbocycles. The zero-order valence-electron chi connectivity index (χ0n) is 19.5. The summed E-state index contributed by atoms with van der Waals surface area (Å²) in [6.07, 6.45) is 3.13. The minimum absolute atomic E-state index is 0.0576. The van der Waals surface area contributed by atoms with Gasteiger partial charge in [0.25, 0.3) is 11.8 Å². The number of halogens is 1. The number of carbonyl (C=O) groups is 2. The first-order valence-corrected chi connectivity index (χ1v) is 12.5. The molecule has 3 aromatic heterocycles. The molecule has 4 N–H and O–H groups in total. The van der Waals surface area contributed by atoms with E-state index in [0.29, 0.717) is 41.3 Å². The maximum atomic E-state index is 13.3. The Hall–Kier alpha value is -3.83. The molecule has 0 aliphatic carbocycles. The van der Waals surface area contributed by atoms with Gasteiger partial charge in [0.05, 0.1) is 29.1 Å². The van der Waals surface area contributed by atoms with E-state index in [9.17, 15) is 14.0 Å². The number of thiophene rings is 1. The van der Waals surface area contributed by atoms with Gasteiger partial charge in [-0.2, -0.15) is 4.98 Å². The Morgan fingerprint density at radius 2 is 2.06 bits per heavy atom. The van der Waals surface area contributed by atoms with E-state index in [-0.39, 0.29) is 35.7 Å². The molecule has 2 atom stereocenters. The number of hydrogen-bond donors (Lipinski definition) is 3. The molecule has 1 aliphatic heterocycles. The standard InChI is InChI=1S/C25H25FN6O3S/c1-2-20(14-3-5-17(26)6-4-14)29-24(34)21-10-16(13-36-21)15-9-19(22-30-25(27)31-32(22)11-15)23(33)28-18-7-8-35-12-18/h3-6,9-11,13,18,20H,2,7-8,12H2,1H3,(H2,27,31)(H,28,33)(H,29,34)/t18-,20+/m0/s1. The molecule has 2 amide bonds. The van der Waals surface area contributed by atoms with Crippen LogP contribution >= 0.6 is 11.3 Å². The Morgan fingerprint density at radius 3 is 2.78 bits per heavy atom. The Kier molecular flexibility index (Phi) is 6.66. The quantitative estimate of drug-likeness (QED) is 0.351. The van der Waals surface area contributed by atoms with Crippen LogP contribution in [-0.2, 0) is 4.74 Å². The topological polar surface area (TPSA) is 124 Å². The number of amides is 2. The van der Waals surface area contributed by atoms with E-state index in [0.717, 1.165) is 17.5 Å². The second-order valence-corrected chi connectivity index (χ2v) is 9.51. The summed E-state index contributed by atoms with van der Waals surface area (Å²) in [6.45, 7) is 3.03. The molecule has 0 spiro atoms. The number of pyridine rings is 1. The number of anilines is 1. The van der Waals surface area contributed by atoms with E-state index in [1.807, 2.05) is 12.3 Å². The van der Waals surface area contributed by atoms with E-state index in [1.54, 1.807) is 30.5 Å². The molecule has 36 heavy (non-hydrogen) atoms. The summed E-state index contributed by atoms with van der Waals surface area (Å²) in [5.74, 6) is -0.781. The van der Waals surface area contributed by atoms with Crippen LogP contribution < -0.4 is 16.4 Å². The Balaban J connectivity index is 1.40. The number of hydrogen-bond acceptors (Lipinski definition) is 7. The molecule has 1 fully saturated rings. The van der Waals surface area contributed by atoms with Crippen LogP contribution in [0.1, 0.15) is 51.4 Å². The Bertz CT molecular complexity index is 1410. The lowest BCUT2D eigenvalue weighted by atomic mass is 10.0. The van der Waals surface area contributed by atoms with Crippen LogP contribution in [-0.4, -0.2) is 45.7 Å². The maximum Gasteiger partial charge on any atom is 0.261 e. The predicted octanol–water partition coefficient (Wildman–Crippen LogP) is 3.58. The van der Waals surface area contributed by atoms with Gasteiger partial charge in [-0.1, -0.05) is 19.1 Å². The average molecular weight is 509 g/mol. The van der Waals surface area contributed by atoms with Gasteiger partial charge in [0.2, 0.25) is 5.95 Å². The molecule has 9 nitrogen and oxygen atoms in total. The fraction of sp³-hybridized carbons (Fsp3) is 0.280.